The van der Waals surface area contributed by atoms with Crippen molar-refractivity contribution in [1.82, 2.24) is 24.5 Å². The number of methoxy groups -OCH3 is 2. The molecule has 210 valence electrons. The summed E-state index contributed by atoms with van der Waals surface area (Å²) in [6.07, 6.45) is 1.80. The fraction of sp³-hybridized carbons (Fsp3) is 0.241. The maximum Gasteiger partial charge on any atom is 0.294 e. The summed E-state index contributed by atoms with van der Waals surface area (Å²) in [5.74, 6) is 1.81. The maximum atomic E-state index is 12.6. The minimum absolute atomic E-state index is 0.00331. The summed E-state index contributed by atoms with van der Waals surface area (Å²) in [4.78, 5) is 24.4. The van der Waals surface area contributed by atoms with Crippen molar-refractivity contribution in [2.24, 2.45) is 0 Å². The molecule has 0 saturated heterocycles. The molecule has 0 aliphatic heterocycles. The van der Waals surface area contributed by atoms with Gasteiger partial charge in [-0.15, -0.1) is 16.4 Å². The number of aromatic nitrogens is 4. The molecule has 12 heteroatoms. The lowest BCUT2D eigenvalue weighted by molar-refractivity contribution is 0.0755. The Balaban J connectivity index is 1.21. The van der Waals surface area contributed by atoms with Crippen LogP contribution in [-0.4, -0.2) is 57.7 Å². The zero-order chi connectivity index (χ0) is 28.7. The second-order valence-corrected chi connectivity index (χ2v) is 11.4. The van der Waals surface area contributed by atoms with Gasteiger partial charge in [0.15, 0.2) is 5.76 Å². The lowest BCUT2D eigenvalue weighted by atomic mass is 10.1. The average Bonchev–Trinajstić information content (AvgIpc) is 3.77. The molecule has 0 fully saturated rings. The van der Waals surface area contributed by atoms with Crippen LogP contribution in [0.5, 0.6) is 16.7 Å². The molecule has 0 atom stereocenters. The molecule has 0 N–H and O–H groups in total. The molecule has 41 heavy (non-hydrogen) atoms. The molecule has 6 rings (SSSR count). The number of carbonyl (C=O) groups is 1. The van der Waals surface area contributed by atoms with Crippen molar-refractivity contribution < 1.29 is 23.4 Å². The molecule has 0 saturated carbocycles. The summed E-state index contributed by atoms with van der Waals surface area (Å²) in [5, 5.41) is 8.49. The van der Waals surface area contributed by atoms with E-state index in [0.29, 0.717) is 44.3 Å². The molecule has 0 bridgehead atoms. The van der Waals surface area contributed by atoms with Crippen LogP contribution in [0.2, 0.25) is 0 Å². The lowest BCUT2D eigenvalue weighted by Crippen LogP contribution is -2.32. The van der Waals surface area contributed by atoms with Gasteiger partial charge in [-0.1, -0.05) is 12.1 Å². The summed E-state index contributed by atoms with van der Waals surface area (Å²) >= 11 is 2.88. The fourth-order valence-corrected chi connectivity index (χ4v) is 5.69. The van der Waals surface area contributed by atoms with E-state index in [9.17, 15) is 4.79 Å². The van der Waals surface area contributed by atoms with Gasteiger partial charge in [-0.2, -0.15) is 0 Å². The van der Waals surface area contributed by atoms with Crippen molar-refractivity contribution in [3.05, 3.63) is 65.3 Å². The van der Waals surface area contributed by atoms with E-state index in [0.717, 1.165) is 21.7 Å². The number of benzene rings is 2. The Morgan fingerprint density at radius 3 is 2.61 bits per heavy atom. The van der Waals surface area contributed by atoms with Crippen molar-refractivity contribution in [2.75, 3.05) is 21.3 Å². The summed E-state index contributed by atoms with van der Waals surface area (Å²) in [7, 11) is 4.99. The van der Waals surface area contributed by atoms with E-state index in [1.165, 1.54) is 22.7 Å². The van der Waals surface area contributed by atoms with Crippen LogP contribution in [0.25, 0.3) is 38.0 Å². The quantitative estimate of drug-likeness (QED) is 0.191. The Morgan fingerprint density at radius 1 is 1.10 bits per heavy atom. The molecular formula is C29H27N5O5S2. The third-order valence-corrected chi connectivity index (χ3v) is 8.49. The number of thiazole rings is 1. The van der Waals surface area contributed by atoms with Gasteiger partial charge >= 0.3 is 0 Å². The van der Waals surface area contributed by atoms with Gasteiger partial charge in [0, 0.05) is 41.7 Å². The topological polar surface area (TPSA) is 104 Å². The van der Waals surface area contributed by atoms with E-state index in [1.807, 2.05) is 68.7 Å². The van der Waals surface area contributed by atoms with Gasteiger partial charge in [-0.05, 0) is 43.4 Å². The Morgan fingerprint density at radius 2 is 1.90 bits per heavy atom. The van der Waals surface area contributed by atoms with Crippen LogP contribution in [-0.2, 0) is 6.61 Å². The first kappa shape index (κ1) is 26.8. The summed E-state index contributed by atoms with van der Waals surface area (Å²) in [5.41, 5.74) is 3.66. The zero-order valence-corrected chi connectivity index (χ0v) is 24.7. The van der Waals surface area contributed by atoms with Crippen LogP contribution in [0.4, 0.5) is 0 Å². The third-order valence-electron chi connectivity index (χ3n) is 6.66. The van der Waals surface area contributed by atoms with Gasteiger partial charge in [-0.3, -0.25) is 4.79 Å². The van der Waals surface area contributed by atoms with E-state index >= 15 is 0 Å². The van der Waals surface area contributed by atoms with Gasteiger partial charge in [0.05, 0.1) is 31.5 Å². The smallest absolute Gasteiger partial charge is 0.294 e. The number of furan rings is 1. The summed E-state index contributed by atoms with van der Waals surface area (Å²) in [6, 6.07) is 13.2. The number of fused-ring (bicyclic) bond motifs is 2. The minimum atomic E-state index is -0.00331. The Labute approximate surface area is 243 Å². The molecule has 0 aliphatic carbocycles. The summed E-state index contributed by atoms with van der Waals surface area (Å²) < 4.78 is 24.7. The Kier molecular flexibility index (Phi) is 7.10. The van der Waals surface area contributed by atoms with Crippen LogP contribution >= 0.6 is 22.7 Å². The predicted octanol–water partition coefficient (Wildman–Crippen LogP) is 6.40. The first-order valence-electron chi connectivity index (χ1n) is 12.8. The third kappa shape index (κ3) is 5.23. The predicted molar refractivity (Wildman–Crippen MR) is 158 cm³/mol. The first-order valence-corrected chi connectivity index (χ1v) is 14.5. The summed E-state index contributed by atoms with van der Waals surface area (Å²) in [6.45, 7) is 4.24. The molecule has 4 heterocycles. The number of amides is 1. The standard InChI is InChI=1S/C29H27N5O5S2/c1-16(2)33(3)27(35)18-8-6-17(7-9-18)26-30-19(15-40-26)14-38-23-10-20(36-4)11-24-21(23)12-25(39-24)22-13-34-28(31-22)41-29(32-34)37-5/h6-13,15-16H,14H2,1-5H3. The molecular weight excluding hydrogens is 562 g/mol. The Bertz CT molecular complexity index is 1820. The van der Waals surface area contributed by atoms with Crippen LogP contribution < -0.4 is 14.2 Å². The van der Waals surface area contributed by atoms with Crippen LogP contribution in [0.3, 0.4) is 0 Å². The number of ether oxygens (including phenoxy) is 3. The largest absolute Gasteiger partial charge is 0.496 e. The molecule has 0 radical (unpaired) electrons. The SMILES string of the molecule is COc1cc(OCc2csc(-c3ccc(C(=O)N(C)C(C)C)cc3)n2)c2cc(-c3cn4nc(OC)sc4n3)oc2c1. The minimum Gasteiger partial charge on any atom is -0.496 e. The van der Waals surface area contributed by atoms with Crippen molar-refractivity contribution in [3.63, 3.8) is 0 Å². The normalized spacial score (nSPS) is 11.5. The highest BCUT2D eigenvalue weighted by molar-refractivity contribution is 7.18. The van der Waals surface area contributed by atoms with Gasteiger partial charge in [-0.25, -0.2) is 14.5 Å². The highest BCUT2D eigenvalue weighted by atomic mass is 32.1. The molecule has 2 aromatic carbocycles. The maximum absolute atomic E-state index is 12.6. The van der Waals surface area contributed by atoms with E-state index in [4.69, 9.17) is 23.6 Å². The van der Waals surface area contributed by atoms with Gasteiger partial charge < -0.3 is 23.5 Å². The number of carbonyl (C=O) groups excluding carboxylic acids is 1. The fourth-order valence-electron chi connectivity index (χ4n) is 4.18. The van der Waals surface area contributed by atoms with Crippen LogP contribution in [0.15, 0.2) is 58.5 Å². The second kappa shape index (κ2) is 10.9. The number of rotatable bonds is 9. The van der Waals surface area contributed by atoms with Crippen molar-refractivity contribution >= 4 is 44.5 Å². The molecule has 0 aliphatic rings. The van der Waals surface area contributed by atoms with Gasteiger partial charge in [0.2, 0.25) is 4.96 Å². The molecule has 4 aromatic heterocycles. The highest BCUT2D eigenvalue weighted by Crippen LogP contribution is 2.38. The molecule has 6 aromatic rings. The molecule has 10 nitrogen and oxygen atoms in total. The first-order chi connectivity index (χ1) is 19.8. The Hall–Kier alpha value is -4.42. The second-order valence-electron chi connectivity index (χ2n) is 9.59. The van der Waals surface area contributed by atoms with Crippen molar-refractivity contribution in [1.29, 1.82) is 0 Å². The average molecular weight is 590 g/mol. The van der Waals surface area contributed by atoms with Crippen LogP contribution in [0, 0.1) is 0 Å². The number of nitrogens with zero attached hydrogens (tertiary/aromatic N) is 5. The molecule has 0 unspecified atom stereocenters. The number of hydrogen-bond acceptors (Lipinski definition) is 10. The highest BCUT2D eigenvalue weighted by Gasteiger charge is 2.18. The number of imidazole rings is 1. The molecule has 1 amide bonds. The molecule has 0 spiro atoms. The van der Waals surface area contributed by atoms with Crippen molar-refractivity contribution in [3.8, 4) is 38.7 Å². The van der Waals surface area contributed by atoms with E-state index in [-0.39, 0.29) is 18.6 Å². The van der Waals surface area contributed by atoms with Gasteiger partial charge in [0.1, 0.15) is 34.4 Å². The van der Waals surface area contributed by atoms with E-state index in [2.05, 4.69) is 10.1 Å². The van der Waals surface area contributed by atoms with E-state index in [1.54, 1.807) is 29.8 Å². The van der Waals surface area contributed by atoms with E-state index < -0.39 is 0 Å². The zero-order valence-electron chi connectivity index (χ0n) is 23.1. The van der Waals surface area contributed by atoms with Crippen molar-refractivity contribution in [2.45, 2.75) is 26.5 Å². The van der Waals surface area contributed by atoms with Gasteiger partial charge in [0.25, 0.3) is 11.1 Å². The number of hydrogen-bond donors (Lipinski definition) is 0. The lowest BCUT2D eigenvalue weighted by Gasteiger charge is -2.21. The van der Waals surface area contributed by atoms with Crippen LogP contribution in [0.1, 0.15) is 29.9 Å². The monoisotopic (exact) mass is 589 g/mol.